The van der Waals surface area contributed by atoms with E-state index in [2.05, 4.69) is 14.9 Å². The molecule has 0 spiro atoms. The molecule has 8 heteroatoms. The van der Waals surface area contributed by atoms with Crippen LogP contribution >= 0.6 is 11.6 Å². The van der Waals surface area contributed by atoms with Crippen molar-refractivity contribution in [3.8, 4) is 23.0 Å². The van der Waals surface area contributed by atoms with E-state index >= 15 is 0 Å². The molecule has 0 saturated carbocycles. The number of benzene rings is 2. The van der Waals surface area contributed by atoms with Gasteiger partial charge in [-0.25, -0.2) is 4.98 Å². The zero-order chi connectivity index (χ0) is 23.2. The quantitative estimate of drug-likeness (QED) is 0.525. The van der Waals surface area contributed by atoms with Crippen molar-refractivity contribution in [2.24, 2.45) is 0 Å². The number of hydrogen-bond donors (Lipinski definition) is 0. The van der Waals surface area contributed by atoms with Gasteiger partial charge in [0.25, 0.3) is 5.91 Å². The molecule has 1 aliphatic heterocycles. The molecule has 3 aromatic rings. The second-order valence-corrected chi connectivity index (χ2v) is 8.33. The molecule has 0 radical (unpaired) electrons. The highest BCUT2D eigenvalue weighted by atomic mass is 35.5. The zero-order valence-corrected chi connectivity index (χ0v) is 19.6. The Kier molecular flexibility index (Phi) is 7.42. The number of hydrogen-bond acceptors (Lipinski definition) is 6. The van der Waals surface area contributed by atoms with E-state index in [1.54, 1.807) is 31.4 Å². The van der Waals surface area contributed by atoms with Crippen LogP contribution in [0, 0.1) is 6.92 Å². The van der Waals surface area contributed by atoms with Gasteiger partial charge in [-0.15, -0.1) is 0 Å². The largest absolute Gasteiger partial charge is 0.497 e. The Balaban J connectivity index is 1.27. The lowest BCUT2D eigenvalue weighted by atomic mass is 10.2. The van der Waals surface area contributed by atoms with Crippen LogP contribution in [0.1, 0.15) is 16.1 Å². The van der Waals surface area contributed by atoms with Gasteiger partial charge >= 0.3 is 0 Å². The maximum atomic E-state index is 12.7. The van der Waals surface area contributed by atoms with Gasteiger partial charge in [0.05, 0.1) is 7.11 Å². The van der Waals surface area contributed by atoms with Gasteiger partial charge in [0.15, 0.2) is 5.82 Å². The van der Waals surface area contributed by atoms with Crippen molar-refractivity contribution in [2.75, 3.05) is 46.4 Å². The highest BCUT2D eigenvalue weighted by molar-refractivity contribution is 6.30. The monoisotopic (exact) mass is 466 g/mol. The summed E-state index contributed by atoms with van der Waals surface area (Å²) >= 11 is 5.92. The third-order valence-corrected chi connectivity index (χ3v) is 5.84. The molecule has 0 bridgehead atoms. The van der Waals surface area contributed by atoms with Crippen LogP contribution in [0.3, 0.4) is 0 Å². The lowest BCUT2D eigenvalue weighted by Crippen LogP contribution is -2.49. The maximum Gasteiger partial charge on any atom is 0.253 e. The summed E-state index contributed by atoms with van der Waals surface area (Å²) in [4.78, 5) is 25.9. The summed E-state index contributed by atoms with van der Waals surface area (Å²) in [5.74, 6) is 2.02. The van der Waals surface area contributed by atoms with E-state index in [0.29, 0.717) is 42.0 Å². The number of aromatic nitrogens is 2. The molecule has 1 aliphatic rings. The highest BCUT2D eigenvalue weighted by Gasteiger charge is 2.22. The molecule has 1 fully saturated rings. The number of ether oxygens (including phenoxy) is 2. The van der Waals surface area contributed by atoms with Gasteiger partial charge in [-0.1, -0.05) is 11.6 Å². The van der Waals surface area contributed by atoms with Crippen molar-refractivity contribution >= 4 is 17.5 Å². The zero-order valence-electron chi connectivity index (χ0n) is 18.8. The summed E-state index contributed by atoms with van der Waals surface area (Å²) < 4.78 is 11.2. The van der Waals surface area contributed by atoms with Gasteiger partial charge in [-0.2, -0.15) is 4.98 Å². The fraction of sp³-hybridized carbons (Fsp3) is 0.320. The Bertz CT molecular complexity index is 1080. The third-order valence-electron chi connectivity index (χ3n) is 5.59. The first kappa shape index (κ1) is 23.0. The van der Waals surface area contributed by atoms with Crippen molar-refractivity contribution in [1.82, 2.24) is 19.8 Å². The van der Waals surface area contributed by atoms with Gasteiger partial charge in [0.1, 0.15) is 12.4 Å². The van der Waals surface area contributed by atoms with Gasteiger partial charge in [0.2, 0.25) is 5.88 Å². The Morgan fingerprint density at radius 2 is 1.70 bits per heavy atom. The van der Waals surface area contributed by atoms with Crippen LogP contribution < -0.4 is 9.47 Å². The third kappa shape index (κ3) is 6.00. The van der Waals surface area contributed by atoms with E-state index in [0.717, 1.165) is 36.6 Å². The molecule has 33 heavy (non-hydrogen) atoms. The van der Waals surface area contributed by atoms with E-state index in [-0.39, 0.29) is 5.91 Å². The lowest BCUT2D eigenvalue weighted by molar-refractivity contribution is 0.0619. The van der Waals surface area contributed by atoms with Crippen molar-refractivity contribution < 1.29 is 14.3 Å². The number of carbonyl (C=O) groups excluding carboxylic acids is 1. The van der Waals surface area contributed by atoms with Crippen molar-refractivity contribution in [1.29, 1.82) is 0 Å². The smallest absolute Gasteiger partial charge is 0.253 e. The van der Waals surface area contributed by atoms with Crippen LogP contribution in [0.4, 0.5) is 0 Å². The van der Waals surface area contributed by atoms with Crippen LogP contribution in [0.15, 0.2) is 54.6 Å². The van der Waals surface area contributed by atoms with Gasteiger partial charge < -0.3 is 14.4 Å². The van der Waals surface area contributed by atoms with E-state index < -0.39 is 0 Å². The fourth-order valence-corrected chi connectivity index (χ4v) is 3.84. The Labute approximate surface area is 198 Å². The second kappa shape index (κ2) is 10.6. The molecule has 1 aromatic heterocycles. The number of nitrogens with zero attached hydrogens (tertiary/aromatic N) is 4. The van der Waals surface area contributed by atoms with E-state index in [4.69, 9.17) is 21.1 Å². The molecule has 4 rings (SSSR count). The summed E-state index contributed by atoms with van der Waals surface area (Å²) in [5.41, 5.74) is 2.42. The first-order chi connectivity index (χ1) is 16.0. The van der Waals surface area contributed by atoms with E-state index in [9.17, 15) is 4.79 Å². The molecule has 0 aliphatic carbocycles. The minimum absolute atomic E-state index is 0.0464. The van der Waals surface area contributed by atoms with Crippen molar-refractivity contribution in [3.05, 3.63) is 70.9 Å². The SMILES string of the molecule is COc1ccc(-c2nc(C)cc(OCCN3CCN(C(=O)c4ccc(Cl)cc4)CC3)n2)cc1. The van der Waals surface area contributed by atoms with Crippen LogP contribution in [0.2, 0.25) is 5.02 Å². The first-order valence-corrected chi connectivity index (χ1v) is 11.3. The average molecular weight is 467 g/mol. The van der Waals surface area contributed by atoms with Crippen LogP contribution in [-0.4, -0.2) is 72.1 Å². The molecule has 2 heterocycles. The Morgan fingerprint density at radius 3 is 2.36 bits per heavy atom. The maximum absolute atomic E-state index is 12.7. The predicted molar refractivity (Wildman–Crippen MR) is 128 cm³/mol. The number of amides is 1. The molecule has 172 valence electrons. The molecule has 0 atom stereocenters. The number of methoxy groups -OCH3 is 1. The molecule has 1 saturated heterocycles. The summed E-state index contributed by atoms with van der Waals surface area (Å²) in [6, 6.07) is 16.5. The first-order valence-electron chi connectivity index (χ1n) is 10.9. The Morgan fingerprint density at radius 1 is 1.00 bits per heavy atom. The van der Waals surface area contributed by atoms with Crippen molar-refractivity contribution in [2.45, 2.75) is 6.92 Å². The number of aryl methyl sites for hydroxylation is 1. The summed E-state index contributed by atoms with van der Waals surface area (Å²) in [6.45, 7) is 6.21. The molecule has 7 nitrogen and oxygen atoms in total. The van der Waals surface area contributed by atoms with E-state index in [1.807, 2.05) is 42.2 Å². The average Bonchev–Trinajstić information content (AvgIpc) is 2.84. The number of halogens is 1. The van der Waals surface area contributed by atoms with Gasteiger partial charge in [-0.3, -0.25) is 9.69 Å². The Hall–Kier alpha value is -3.16. The minimum Gasteiger partial charge on any atom is -0.497 e. The highest BCUT2D eigenvalue weighted by Crippen LogP contribution is 2.22. The normalized spacial score (nSPS) is 14.2. The molecule has 1 amide bonds. The minimum atomic E-state index is 0.0464. The van der Waals surface area contributed by atoms with Gasteiger partial charge in [0, 0.05) is 60.6 Å². The van der Waals surface area contributed by atoms with Gasteiger partial charge in [-0.05, 0) is 55.5 Å². The molecular formula is C25H27ClN4O3. The number of piperazine rings is 1. The lowest BCUT2D eigenvalue weighted by Gasteiger charge is -2.34. The molecule has 0 unspecified atom stereocenters. The van der Waals surface area contributed by atoms with Crippen LogP contribution in [0.5, 0.6) is 11.6 Å². The number of carbonyl (C=O) groups is 1. The molecular weight excluding hydrogens is 440 g/mol. The second-order valence-electron chi connectivity index (χ2n) is 7.89. The van der Waals surface area contributed by atoms with Crippen LogP contribution in [-0.2, 0) is 0 Å². The van der Waals surface area contributed by atoms with Crippen LogP contribution in [0.25, 0.3) is 11.4 Å². The molecule has 0 N–H and O–H groups in total. The van der Waals surface area contributed by atoms with E-state index in [1.165, 1.54) is 0 Å². The standard InChI is InChI=1S/C25H27ClN4O3/c1-18-17-23(28-24(27-18)19-5-9-22(32-2)10-6-19)33-16-15-29-11-13-30(14-12-29)25(31)20-3-7-21(26)8-4-20/h3-10,17H,11-16H2,1-2H3. The molecule has 2 aromatic carbocycles. The predicted octanol–water partition coefficient (Wildman–Crippen LogP) is 3.95. The summed E-state index contributed by atoms with van der Waals surface area (Å²) in [6.07, 6.45) is 0. The summed E-state index contributed by atoms with van der Waals surface area (Å²) in [7, 11) is 1.64. The van der Waals surface area contributed by atoms with Crippen molar-refractivity contribution in [3.63, 3.8) is 0 Å². The fourth-order valence-electron chi connectivity index (χ4n) is 3.71. The summed E-state index contributed by atoms with van der Waals surface area (Å²) in [5, 5.41) is 0.631. The topological polar surface area (TPSA) is 67.8 Å². The number of rotatable bonds is 7.